The highest BCUT2D eigenvalue weighted by atomic mass is 16.3. The van der Waals surface area contributed by atoms with Crippen LogP contribution in [0.25, 0.3) is 11.0 Å². The number of nitrogens with one attached hydrogen (secondary N) is 1. The van der Waals surface area contributed by atoms with Gasteiger partial charge in [-0.3, -0.25) is 19.4 Å². The monoisotopic (exact) mass is 553 g/mol. The van der Waals surface area contributed by atoms with Crippen LogP contribution in [-0.2, 0) is 9.59 Å². The number of aryl methyl sites for hydroxylation is 2. The summed E-state index contributed by atoms with van der Waals surface area (Å²) in [4.78, 5) is 48.4. The fraction of sp³-hybridized carbons (Fsp3) is 0.406. The number of Topliss-reactive ketones (excluding diaryl/α,β-unsaturated/α-hetero) is 1. The highest BCUT2D eigenvalue weighted by Crippen LogP contribution is 2.25. The minimum Gasteiger partial charge on any atom is -0.461 e. The van der Waals surface area contributed by atoms with Crippen LogP contribution in [0.15, 0.2) is 57.9 Å². The molecule has 0 bridgehead atoms. The third-order valence-corrected chi connectivity index (χ3v) is 7.71. The number of likely N-dealkylation sites (tertiary alicyclic amines) is 2. The van der Waals surface area contributed by atoms with Crippen molar-refractivity contribution in [1.82, 2.24) is 9.80 Å². The summed E-state index contributed by atoms with van der Waals surface area (Å²) in [6.07, 6.45) is 3.93. The van der Waals surface area contributed by atoms with Crippen LogP contribution in [-0.4, -0.2) is 65.5 Å². The molecule has 0 aliphatic carbocycles. The Balaban J connectivity index is 1.47. The molecule has 3 aromatic rings. The SMILES string of the molecule is Cc1cccc(C(=O)C(C#N)C(=NC2CCCCN(CC(=O)N3CCCC3)C2=O)Nc2ccc3oc(C)cc3c2)c1. The van der Waals surface area contributed by atoms with Crippen molar-refractivity contribution in [3.63, 3.8) is 0 Å². The molecule has 2 atom stereocenters. The topological polar surface area (TPSA) is 119 Å². The molecule has 3 heterocycles. The number of aliphatic imine (C=N–C) groups is 1. The Morgan fingerprint density at radius 2 is 1.85 bits per heavy atom. The van der Waals surface area contributed by atoms with Crippen LogP contribution in [0.3, 0.4) is 0 Å². The van der Waals surface area contributed by atoms with Crippen molar-refractivity contribution < 1.29 is 18.8 Å². The van der Waals surface area contributed by atoms with Gasteiger partial charge in [0.05, 0.1) is 12.6 Å². The normalized spacial score (nSPS) is 18.7. The van der Waals surface area contributed by atoms with Crippen molar-refractivity contribution in [2.45, 2.75) is 52.0 Å². The number of benzene rings is 2. The fourth-order valence-electron chi connectivity index (χ4n) is 5.55. The number of carbonyl (C=O) groups is 3. The molecule has 5 rings (SSSR count). The standard InChI is InChI=1S/C32H35N5O4/c1-21-8-7-9-23(16-21)30(39)26(19-33)31(34-25-11-12-28-24(18-25)17-22(2)41-28)35-27-10-3-4-15-37(32(27)40)20-29(38)36-13-5-6-14-36/h7-9,11-12,16-18,26-27H,3-6,10,13-15,20H2,1-2H3,(H,34,35). The Morgan fingerprint density at radius 3 is 2.61 bits per heavy atom. The molecule has 0 radical (unpaired) electrons. The van der Waals surface area contributed by atoms with Gasteiger partial charge in [0.15, 0.2) is 11.7 Å². The van der Waals surface area contributed by atoms with Gasteiger partial charge in [0.2, 0.25) is 11.8 Å². The van der Waals surface area contributed by atoms with Gasteiger partial charge in [-0.2, -0.15) is 5.26 Å². The van der Waals surface area contributed by atoms with Crippen LogP contribution in [0.4, 0.5) is 5.69 Å². The Hall–Kier alpha value is -4.45. The number of rotatable bonds is 7. The van der Waals surface area contributed by atoms with Crippen LogP contribution in [0, 0.1) is 31.1 Å². The molecule has 2 saturated heterocycles. The number of anilines is 1. The van der Waals surface area contributed by atoms with Crippen LogP contribution in [0.5, 0.6) is 0 Å². The number of carbonyl (C=O) groups excluding carboxylic acids is 3. The first-order valence-electron chi connectivity index (χ1n) is 14.2. The van der Waals surface area contributed by atoms with Gasteiger partial charge >= 0.3 is 0 Å². The summed E-state index contributed by atoms with van der Waals surface area (Å²) in [6.45, 7) is 5.70. The molecule has 2 aliphatic heterocycles. The van der Waals surface area contributed by atoms with Gasteiger partial charge in [-0.1, -0.05) is 23.8 Å². The van der Waals surface area contributed by atoms with Gasteiger partial charge in [0.25, 0.3) is 0 Å². The first-order chi connectivity index (χ1) is 19.8. The minimum absolute atomic E-state index is 0.0218. The van der Waals surface area contributed by atoms with Gasteiger partial charge in [0, 0.05) is 36.3 Å². The number of fused-ring (bicyclic) bond motifs is 1. The van der Waals surface area contributed by atoms with E-state index < -0.39 is 17.7 Å². The first kappa shape index (κ1) is 28.1. The number of nitriles is 1. The van der Waals surface area contributed by atoms with Gasteiger partial charge in [-0.15, -0.1) is 0 Å². The molecular weight excluding hydrogens is 518 g/mol. The molecular formula is C32H35N5O4. The van der Waals surface area contributed by atoms with Gasteiger partial charge in [-0.05, 0) is 76.3 Å². The first-order valence-corrected chi connectivity index (χ1v) is 14.2. The quantitative estimate of drug-likeness (QED) is 0.253. The molecule has 41 heavy (non-hydrogen) atoms. The number of nitrogens with zero attached hydrogens (tertiary/aromatic N) is 4. The number of ketones is 1. The van der Waals surface area contributed by atoms with E-state index in [0.29, 0.717) is 24.2 Å². The van der Waals surface area contributed by atoms with Crippen LogP contribution in [0.1, 0.15) is 53.8 Å². The lowest BCUT2D eigenvalue weighted by molar-refractivity contribution is -0.140. The Bertz CT molecular complexity index is 1530. The third-order valence-electron chi connectivity index (χ3n) is 7.71. The third kappa shape index (κ3) is 6.49. The van der Waals surface area contributed by atoms with E-state index in [-0.39, 0.29) is 24.2 Å². The molecule has 2 unspecified atom stereocenters. The number of hydrogen-bond acceptors (Lipinski definition) is 6. The largest absolute Gasteiger partial charge is 0.461 e. The van der Waals surface area contributed by atoms with E-state index in [9.17, 15) is 19.6 Å². The predicted molar refractivity (Wildman–Crippen MR) is 157 cm³/mol. The number of hydrogen-bond donors (Lipinski definition) is 1. The molecule has 0 spiro atoms. The Labute approximate surface area is 239 Å². The molecule has 2 fully saturated rings. The highest BCUT2D eigenvalue weighted by molar-refractivity contribution is 6.18. The minimum atomic E-state index is -1.26. The fourth-order valence-corrected chi connectivity index (χ4v) is 5.55. The molecule has 9 nitrogen and oxygen atoms in total. The lowest BCUT2D eigenvalue weighted by atomic mass is 9.96. The molecule has 1 N–H and O–H groups in total. The van der Waals surface area contributed by atoms with Crippen LogP contribution in [0.2, 0.25) is 0 Å². The summed E-state index contributed by atoms with van der Waals surface area (Å²) in [5, 5.41) is 14.3. The van der Waals surface area contributed by atoms with Crippen LogP contribution < -0.4 is 5.32 Å². The molecule has 9 heteroatoms. The summed E-state index contributed by atoms with van der Waals surface area (Å²) in [7, 11) is 0. The second-order valence-corrected chi connectivity index (χ2v) is 10.9. The van der Waals surface area contributed by atoms with E-state index in [0.717, 1.165) is 61.1 Å². The molecule has 2 amide bonds. The van der Waals surface area contributed by atoms with E-state index in [1.54, 1.807) is 29.2 Å². The zero-order chi connectivity index (χ0) is 28.9. The average molecular weight is 554 g/mol. The maximum Gasteiger partial charge on any atom is 0.247 e. The number of amides is 2. The second kappa shape index (κ2) is 12.4. The molecule has 1 aromatic heterocycles. The van der Waals surface area contributed by atoms with Crippen molar-refractivity contribution >= 4 is 40.1 Å². The molecule has 2 aromatic carbocycles. The van der Waals surface area contributed by atoms with Gasteiger partial charge in [0.1, 0.15) is 23.2 Å². The summed E-state index contributed by atoms with van der Waals surface area (Å²) >= 11 is 0. The second-order valence-electron chi connectivity index (χ2n) is 10.9. The maximum atomic E-state index is 13.7. The molecule has 212 valence electrons. The van der Waals surface area contributed by atoms with Gasteiger partial charge in [-0.25, -0.2) is 0 Å². The van der Waals surface area contributed by atoms with Crippen molar-refractivity contribution in [3.05, 3.63) is 65.4 Å². The Morgan fingerprint density at radius 1 is 1.07 bits per heavy atom. The van der Waals surface area contributed by atoms with E-state index in [1.807, 2.05) is 43.0 Å². The van der Waals surface area contributed by atoms with Crippen molar-refractivity contribution in [2.75, 3.05) is 31.5 Å². The lowest BCUT2D eigenvalue weighted by Crippen LogP contribution is -2.45. The zero-order valence-electron chi connectivity index (χ0n) is 23.6. The van der Waals surface area contributed by atoms with Crippen molar-refractivity contribution in [2.24, 2.45) is 10.9 Å². The molecule has 2 aliphatic rings. The number of amidine groups is 1. The zero-order valence-corrected chi connectivity index (χ0v) is 23.6. The highest BCUT2D eigenvalue weighted by Gasteiger charge is 2.33. The summed E-state index contributed by atoms with van der Waals surface area (Å²) < 4.78 is 5.69. The maximum absolute atomic E-state index is 13.7. The Kier molecular flexibility index (Phi) is 8.48. The molecule has 0 saturated carbocycles. The van der Waals surface area contributed by atoms with Crippen molar-refractivity contribution in [1.29, 1.82) is 5.26 Å². The van der Waals surface area contributed by atoms with E-state index >= 15 is 0 Å². The van der Waals surface area contributed by atoms with Gasteiger partial charge < -0.3 is 19.5 Å². The van der Waals surface area contributed by atoms with E-state index in [4.69, 9.17) is 9.41 Å². The lowest BCUT2D eigenvalue weighted by Gasteiger charge is -2.25. The summed E-state index contributed by atoms with van der Waals surface area (Å²) in [6, 6.07) is 15.8. The van der Waals surface area contributed by atoms with E-state index in [2.05, 4.69) is 11.4 Å². The summed E-state index contributed by atoms with van der Waals surface area (Å²) in [5.74, 6) is -1.08. The predicted octanol–water partition coefficient (Wildman–Crippen LogP) is 4.89. The van der Waals surface area contributed by atoms with Crippen LogP contribution >= 0.6 is 0 Å². The summed E-state index contributed by atoms with van der Waals surface area (Å²) in [5.41, 5.74) is 2.64. The van der Waals surface area contributed by atoms with E-state index in [1.165, 1.54) is 0 Å². The smallest absolute Gasteiger partial charge is 0.247 e. The average Bonchev–Trinajstić information content (AvgIpc) is 3.59. The van der Waals surface area contributed by atoms with Crippen molar-refractivity contribution in [3.8, 4) is 6.07 Å². The number of furan rings is 1.